The first-order valence-electron chi connectivity index (χ1n) is 8.81. The van der Waals surface area contributed by atoms with E-state index >= 15 is 0 Å². The average Bonchev–Trinajstić information content (AvgIpc) is 3.24. The van der Waals surface area contributed by atoms with Crippen molar-refractivity contribution in [2.24, 2.45) is 7.05 Å². The number of imidazole rings is 1. The van der Waals surface area contributed by atoms with Gasteiger partial charge in [0.05, 0.1) is 11.2 Å². The monoisotopic (exact) mass is 397 g/mol. The second-order valence-corrected chi connectivity index (χ2v) is 6.94. The lowest BCUT2D eigenvalue weighted by atomic mass is 10.1. The van der Waals surface area contributed by atoms with Gasteiger partial charge in [0.1, 0.15) is 12.2 Å². The molecule has 148 valence electrons. The summed E-state index contributed by atoms with van der Waals surface area (Å²) in [6.07, 6.45) is 5.17. The highest BCUT2D eigenvalue weighted by Gasteiger charge is 2.29. The van der Waals surface area contributed by atoms with Gasteiger partial charge < -0.3 is 4.57 Å². The van der Waals surface area contributed by atoms with Crippen LogP contribution in [0.4, 0.5) is 8.78 Å². The second kappa shape index (κ2) is 6.77. The fourth-order valence-corrected chi connectivity index (χ4v) is 3.28. The van der Waals surface area contributed by atoms with Crippen LogP contribution in [0.2, 0.25) is 0 Å². The maximum Gasteiger partial charge on any atom is 0.337 e. The summed E-state index contributed by atoms with van der Waals surface area (Å²) >= 11 is 0. The van der Waals surface area contributed by atoms with Crippen molar-refractivity contribution in [3.63, 3.8) is 0 Å². The van der Waals surface area contributed by atoms with Crippen LogP contribution in [0.25, 0.3) is 11.2 Å². The summed E-state index contributed by atoms with van der Waals surface area (Å²) in [4.78, 5) is 24.1. The number of alkyl halides is 2. The molecule has 0 unspecified atom stereocenters. The van der Waals surface area contributed by atoms with Crippen LogP contribution >= 0.6 is 0 Å². The average molecular weight is 397 g/mol. The molecule has 0 aliphatic rings. The van der Waals surface area contributed by atoms with E-state index in [1.54, 1.807) is 29.1 Å². The lowest BCUT2D eigenvalue weighted by Crippen LogP contribution is -2.19. The Hall–Kier alpha value is -3.62. The number of pyridine rings is 1. The van der Waals surface area contributed by atoms with Crippen molar-refractivity contribution >= 4 is 11.8 Å². The molecule has 0 aliphatic carbocycles. The number of aldehydes is 1. The summed E-state index contributed by atoms with van der Waals surface area (Å²) in [6.45, 7) is 0.736. The van der Waals surface area contributed by atoms with Gasteiger partial charge in [-0.25, -0.2) is 13.6 Å². The van der Waals surface area contributed by atoms with E-state index in [-0.39, 0.29) is 16.6 Å². The summed E-state index contributed by atoms with van der Waals surface area (Å²) in [5.74, 6) is -2.46. The highest BCUT2D eigenvalue weighted by Crippen LogP contribution is 2.31. The van der Waals surface area contributed by atoms with Crippen LogP contribution in [0, 0.1) is 0 Å². The van der Waals surface area contributed by atoms with Crippen LogP contribution in [-0.4, -0.2) is 30.0 Å². The first-order chi connectivity index (χ1) is 13.8. The smallest absolute Gasteiger partial charge is 0.320 e. The molecule has 29 heavy (non-hydrogen) atoms. The molecule has 1 aromatic carbocycles. The van der Waals surface area contributed by atoms with Crippen molar-refractivity contribution < 1.29 is 13.6 Å². The van der Waals surface area contributed by atoms with Gasteiger partial charge in [-0.2, -0.15) is 0 Å². The maximum absolute atomic E-state index is 14.1. The van der Waals surface area contributed by atoms with E-state index in [1.165, 1.54) is 17.0 Å². The number of carbonyl (C=O) groups excluding carboxylic acids is 1. The van der Waals surface area contributed by atoms with Gasteiger partial charge in [0.25, 0.3) is 5.92 Å². The summed E-state index contributed by atoms with van der Waals surface area (Å²) in [5.41, 5.74) is 0.543. The molecule has 3 heterocycles. The molecule has 0 aliphatic heterocycles. The summed E-state index contributed by atoms with van der Waals surface area (Å²) in [6, 6.07) is 8.28. The number of nitrogens with zero attached hydrogens (tertiary/aromatic N) is 5. The molecule has 0 fully saturated rings. The number of rotatable bonds is 5. The molecule has 0 N–H and O–H groups in total. The van der Waals surface area contributed by atoms with Gasteiger partial charge >= 0.3 is 5.69 Å². The van der Waals surface area contributed by atoms with E-state index in [0.717, 1.165) is 28.8 Å². The molecule has 4 rings (SSSR count). The Morgan fingerprint density at radius 3 is 2.66 bits per heavy atom. The fraction of sp³-hybridized carbons (Fsp3) is 0.200. The lowest BCUT2D eigenvalue weighted by Gasteiger charge is -2.12. The number of aryl methyl sites for hydroxylation is 1. The number of hydrogen-bond donors (Lipinski definition) is 0. The van der Waals surface area contributed by atoms with Gasteiger partial charge in [0.2, 0.25) is 0 Å². The highest BCUT2D eigenvalue weighted by atomic mass is 19.3. The lowest BCUT2D eigenvalue weighted by molar-refractivity contribution is 0.0187. The maximum atomic E-state index is 14.1. The summed E-state index contributed by atoms with van der Waals surface area (Å²) in [5, 5.41) is 7.89. The van der Waals surface area contributed by atoms with Crippen molar-refractivity contribution in [1.82, 2.24) is 23.7 Å². The van der Waals surface area contributed by atoms with Gasteiger partial charge in [0.15, 0.2) is 6.29 Å². The molecule has 9 heteroatoms. The first-order valence-corrected chi connectivity index (χ1v) is 8.81. The van der Waals surface area contributed by atoms with Crippen LogP contribution in [0.3, 0.4) is 0 Å². The van der Waals surface area contributed by atoms with Crippen LogP contribution in [0.1, 0.15) is 34.2 Å². The highest BCUT2D eigenvalue weighted by molar-refractivity contribution is 5.77. The SMILES string of the molecule is Cn1cnnc1Cc1cccc(-n2cc3c(C(C)(F)F)cc(C=O)cn3c2=O)c1. The van der Waals surface area contributed by atoms with Gasteiger partial charge in [0, 0.05) is 43.9 Å². The number of aromatic nitrogens is 5. The summed E-state index contributed by atoms with van der Waals surface area (Å²) < 4.78 is 32.4. The first kappa shape index (κ1) is 18.7. The molecule has 7 nitrogen and oxygen atoms in total. The van der Waals surface area contributed by atoms with Gasteiger partial charge in [-0.05, 0) is 23.8 Å². The van der Waals surface area contributed by atoms with Crippen LogP contribution in [0.15, 0.2) is 53.8 Å². The minimum absolute atomic E-state index is 0.00454. The van der Waals surface area contributed by atoms with E-state index in [0.29, 0.717) is 18.4 Å². The predicted molar refractivity (Wildman–Crippen MR) is 102 cm³/mol. The predicted octanol–water partition coefficient (Wildman–Crippen LogP) is 2.73. The normalized spacial score (nSPS) is 11.9. The van der Waals surface area contributed by atoms with E-state index in [1.807, 2.05) is 13.1 Å². The largest absolute Gasteiger partial charge is 0.337 e. The van der Waals surface area contributed by atoms with Crippen molar-refractivity contribution in [2.45, 2.75) is 19.3 Å². The minimum atomic E-state index is -3.21. The number of benzene rings is 1. The van der Waals surface area contributed by atoms with Gasteiger partial charge in [-0.3, -0.25) is 13.8 Å². The third-order valence-corrected chi connectivity index (χ3v) is 4.75. The third-order valence-electron chi connectivity index (χ3n) is 4.75. The topological polar surface area (TPSA) is 74.2 Å². The molecule has 0 saturated carbocycles. The molecule has 3 aromatic heterocycles. The Morgan fingerprint density at radius 1 is 1.21 bits per heavy atom. The molecular formula is C20H17F2N5O2. The van der Waals surface area contributed by atoms with Gasteiger partial charge in [-0.15, -0.1) is 10.2 Å². The zero-order valence-corrected chi connectivity index (χ0v) is 15.7. The molecule has 4 aromatic rings. The molecular weight excluding hydrogens is 380 g/mol. The number of fused-ring (bicyclic) bond motifs is 1. The number of carbonyl (C=O) groups is 1. The number of halogens is 2. The van der Waals surface area contributed by atoms with Crippen LogP contribution < -0.4 is 5.69 Å². The number of hydrogen-bond acceptors (Lipinski definition) is 4. The standard InChI is InChI=1S/C20H17F2N5O2/c1-20(21,22)16-7-14(11-28)9-27-17(16)10-26(19(27)29)15-5-3-4-13(6-15)8-18-24-23-12-25(18)2/h3-7,9-12H,8H2,1-2H3. The van der Waals surface area contributed by atoms with Crippen LogP contribution in [0.5, 0.6) is 0 Å². The Bertz CT molecular complexity index is 1280. The van der Waals surface area contributed by atoms with E-state index in [2.05, 4.69) is 10.2 Å². The molecule has 0 radical (unpaired) electrons. The fourth-order valence-electron chi connectivity index (χ4n) is 3.28. The molecule has 0 spiro atoms. The zero-order chi connectivity index (χ0) is 20.8. The molecule has 0 saturated heterocycles. The van der Waals surface area contributed by atoms with Gasteiger partial charge in [-0.1, -0.05) is 12.1 Å². The second-order valence-electron chi connectivity index (χ2n) is 6.94. The van der Waals surface area contributed by atoms with E-state index < -0.39 is 11.6 Å². The van der Waals surface area contributed by atoms with Crippen LogP contribution in [-0.2, 0) is 19.4 Å². The molecule has 0 atom stereocenters. The Kier molecular flexibility index (Phi) is 4.37. The van der Waals surface area contributed by atoms with Crippen molar-refractivity contribution in [3.05, 3.63) is 82.1 Å². The Morgan fingerprint density at radius 2 is 2.00 bits per heavy atom. The summed E-state index contributed by atoms with van der Waals surface area (Å²) in [7, 11) is 1.83. The quantitative estimate of drug-likeness (QED) is 0.486. The molecule has 0 amide bonds. The minimum Gasteiger partial charge on any atom is -0.320 e. The van der Waals surface area contributed by atoms with E-state index in [9.17, 15) is 18.4 Å². The van der Waals surface area contributed by atoms with Crippen molar-refractivity contribution in [1.29, 1.82) is 0 Å². The van der Waals surface area contributed by atoms with Crippen molar-refractivity contribution in [3.8, 4) is 5.69 Å². The Balaban J connectivity index is 1.86. The van der Waals surface area contributed by atoms with Crippen molar-refractivity contribution in [2.75, 3.05) is 0 Å². The third kappa shape index (κ3) is 3.35. The zero-order valence-electron chi connectivity index (χ0n) is 15.7. The van der Waals surface area contributed by atoms with E-state index in [4.69, 9.17) is 0 Å². The molecule has 0 bridgehead atoms. The Labute approximate surface area is 163 Å².